The standard InChI is InChI=1S/C21H19N3O4S/c1-4-21(25)23(14-28-3)20-13-24(19-10-7-16(12-22)11-18(19)20)29(26,27)17-8-5-15(2)6-9-17/h4-11,13H,1,14H2,2-3H3. The second-order valence-corrected chi connectivity index (χ2v) is 8.18. The Bertz CT molecular complexity index is 1240. The van der Waals surface area contributed by atoms with Gasteiger partial charge in [0.1, 0.15) is 6.73 Å². The van der Waals surface area contributed by atoms with E-state index in [1.165, 1.54) is 36.4 Å². The number of carbonyl (C=O) groups excluding carboxylic acids is 1. The molecule has 7 nitrogen and oxygen atoms in total. The lowest BCUT2D eigenvalue weighted by Crippen LogP contribution is -2.31. The van der Waals surface area contributed by atoms with E-state index < -0.39 is 15.9 Å². The zero-order valence-electron chi connectivity index (χ0n) is 16.0. The van der Waals surface area contributed by atoms with Crippen molar-refractivity contribution in [3.8, 4) is 6.07 Å². The minimum absolute atomic E-state index is 0.106. The van der Waals surface area contributed by atoms with E-state index in [0.29, 0.717) is 22.2 Å². The van der Waals surface area contributed by atoms with Gasteiger partial charge >= 0.3 is 0 Å². The number of rotatable bonds is 6. The highest BCUT2D eigenvalue weighted by Crippen LogP contribution is 2.33. The predicted octanol–water partition coefficient (Wildman–Crippen LogP) is 3.18. The zero-order chi connectivity index (χ0) is 21.2. The third kappa shape index (κ3) is 3.66. The molecular weight excluding hydrogens is 390 g/mol. The number of ether oxygens (including phenoxy) is 1. The largest absolute Gasteiger partial charge is 0.364 e. The van der Waals surface area contributed by atoms with Crippen LogP contribution in [-0.4, -0.2) is 32.1 Å². The molecule has 148 valence electrons. The molecule has 0 spiro atoms. The smallest absolute Gasteiger partial charge is 0.268 e. The van der Waals surface area contributed by atoms with Crippen LogP contribution in [-0.2, 0) is 19.6 Å². The third-order valence-corrected chi connectivity index (χ3v) is 6.13. The summed E-state index contributed by atoms with van der Waals surface area (Å²) in [4.78, 5) is 13.7. The molecule has 1 amide bonds. The molecule has 0 aliphatic carbocycles. The van der Waals surface area contributed by atoms with Crippen LogP contribution < -0.4 is 4.90 Å². The van der Waals surface area contributed by atoms with E-state index in [1.807, 2.05) is 13.0 Å². The van der Waals surface area contributed by atoms with Crippen LogP contribution in [0.15, 0.2) is 66.2 Å². The maximum atomic E-state index is 13.3. The van der Waals surface area contributed by atoms with Crippen molar-refractivity contribution in [1.82, 2.24) is 3.97 Å². The Hall–Kier alpha value is -3.41. The van der Waals surface area contributed by atoms with Gasteiger partial charge in [0.15, 0.2) is 0 Å². The number of nitriles is 1. The van der Waals surface area contributed by atoms with E-state index in [1.54, 1.807) is 24.3 Å². The Morgan fingerprint density at radius 1 is 1.28 bits per heavy atom. The summed E-state index contributed by atoms with van der Waals surface area (Å²) in [6, 6.07) is 13.1. The molecule has 0 unspecified atom stereocenters. The van der Waals surface area contributed by atoms with Crippen molar-refractivity contribution in [1.29, 1.82) is 5.26 Å². The molecule has 2 aromatic carbocycles. The summed E-state index contributed by atoms with van der Waals surface area (Å²) in [5.41, 5.74) is 1.92. The molecule has 0 atom stereocenters. The molecule has 29 heavy (non-hydrogen) atoms. The summed E-state index contributed by atoms with van der Waals surface area (Å²) in [6.07, 6.45) is 2.48. The first-order chi connectivity index (χ1) is 13.8. The highest BCUT2D eigenvalue weighted by atomic mass is 32.2. The normalized spacial score (nSPS) is 11.2. The third-order valence-electron chi connectivity index (χ3n) is 4.45. The maximum Gasteiger partial charge on any atom is 0.268 e. The molecule has 0 saturated heterocycles. The second kappa shape index (κ2) is 7.91. The van der Waals surface area contributed by atoms with E-state index in [-0.39, 0.29) is 11.6 Å². The highest BCUT2D eigenvalue weighted by Gasteiger charge is 2.25. The SMILES string of the molecule is C=CC(=O)N(COC)c1cn(S(=O)(=O)c2ccc(C)cc2)c2ccc(C#N)cc12. The number of hydrogen-bond acceptors (Lipinski definition) is 5. The fourth-order valence-electron chi connectivity index (χ4n) is 2.98. The molecule has 0 radical (unpaired) electrons. The molecule has 0 bridgehead atoms. The van der Waals surface area contributed by atoms with Crippen LogP contribution in [0.2, 0.25) is 0 Å². The van der Waals surface area contributed by atoms with Crippen molar-refractivity contribution in [2.45, 2.75) is 11.8 Å². The average Bonchev–Trinajstić information content (AvgIpc) is 3.11. The Morgan fingerprint density at radius 3 is 2.55 bits per heavy atom. The van der Waals surface area contributed by atoms with Crippen molar-refractivity contribution >= 4 is 32.5 Å². The molecule has 0 saturated carbocycles. The molecule has 1 aromatic heterocycles. The summed E-state index contributed by atoms with van der Waals surface area (Å²) in [7, 11) is -2.51. The highest BCUT2D eigenvalue weighted by molar-refractivity contribution is 7.90. The number of fused-ring (bicyclic) bond motifs is 1. The van der Waals surface area contributed by atoms with Crippen molar-refractivity contribution in [2.24, 2.45) is 0 Å². The molecule has 0 fully saturated rings. The molecule has 0 N–H and O–H groups in total. The van der Waals surface area contributed by atoms with Crippen molar-refractivity contribution in [3.63, 3.8) is 0 Å². The fourth-order valence-corrected chi connectivity index (χ4v) is 4.35. The van der Waals surface area contributed by atoms with Gasteiger partial charge in [0.05, 0.1) is 27.7 Å². The Kier molecular flexibility index (Phi) is 5.55. The van der Waals surface area contributed by atoms with Gasteiger partial charge in [-0.05, 0) is 43.3 Å². The number of amides is 1. The lowest BCUT2D eigenvalue weighted by atomic mass is 10.1. The summed E-state index contributed by atoms with van der Waals surface area (Å²) < 4.78 is 32.8. The van der Waals surface area contributed by atoms with Crippen LogP contribution in [0, 0.1) is 18.3 Å². The molecule has 0 aliphatic rings. The molecule has 0 aliphatic heterocycles. The first-order valence-corrected chi connectivity index (χ1v) is 10.1. The maximum absolute atomic E-state index is 13.3. The van der Waals surface area contributed by atoms with Gasteiger partial charge in [0.2, 0.25) is 0 Å². The van der Waals surface area contributed by atoms with Gasteiger partial charge in [-0.1, -0.05) is 24.3 Å². The number of methoxy groups -OCH3 is 1. The number of carbonyl (C=O) groups is 1. The Balaban J connectivity index is 2.31. The van der Waals surface area contributed by atoms with Crippen LogP contribution in [0.3, 0.4) is 0 Å². The summed E-state index contributed by atoms with van der Waals surface area (Å²) >= 11 is 0. The summed E-state index contributed by atoms with van der Waals surface area (Å²) in [6.45, 7) is 5.25. The van der Waals surface area contributed by atoms with Gasteiger partial charge in [0.25, 0.3) is 15.9 Å². The molecule has 1 heterocycles. The van der Waals surface area contributed by atoms with Gasteiger partial charge in [0, 0.05) is 18.7 Å². The van der Waals surface area contributed by atoms with Gasteiger partial charge in [-0.2, -0.15) is 5.26 Å². The summed E-state index contributed by atoms with van der Waals surface area (Å²) in [5, 5.41) is 9.70. The van der Waals surface area contributed by atoms with Gasteiger partial charge < -0.3 is 4.74 Å². The molecule has 8 heteroatoms. The minimum Gasteiger partial charge on any atom is -0.364 e. The number of aryl methyl sites for hydroxylation is 1. The fraction of sp³-hybridized carbons (Fsp3) is 0.143. The van der Waals surface area contributed by atoms with Gasteiger partial charge in [-0.15, -0.1) is 0 Å². The number of anilines is 1. The monoisotopic (exact) mass is 409 g/mol. The van der Waals surface area contributed by atoms with Crippen LogP contribution >= 0.6 is 0 Å². The van der Waals surface area contributed by atoms with Crippen molar-refractivity contribution in [2.75, 3.05) is 18.7 Å². The van der Waals surface area contributed by atoms with E-state index >= 15 is 0 Å². The van der Waals surface area contributed by atoms with Crippen LogP contribution in [0.25, 0.3) is 10.9 Å². The Morgan fingerprint density at radius 2 is 1.97 bits per heavy atom. The summed E-state index contributed by atoms with van der Waals surface area (Å²) in [5.74, 6) is -0.457. The lowest BCUT2D eigenvalue weighted by molar-refractivity contribution is -0.115. The van der Waals surface area contributed by atoms with E-state index in [9.17, 15) is 18.5 Å². The topological polar surface area (TPSA) is 92.4 Å². The minimum atomic E-state index is -3.93. The number of aromatic nitrogens is 1. The average molecular weight is 409 g/mol. The lowest BCUT2D eigenvalue weighted by Gasteiger charge is -2.19. The van der Waals surface area contributed by atoms with Crippen LogP contribution in [0.1, 0.15) is 11.1 Å². The van der Waals surface area contributed by atoms with Crippen molar-refractivity contribution < 1.29 is 17.9 Å². The first kappa shape index (κ1) is 20.3. The number of benzene rings is 2. The second-order valence-electron chi connectivity index (χ2n) is 6.36. The van der Waals surface area contributed by atoms with E-state index in [0.717, 1.165) is 15.6 Å². The van der Waals surface area contributed by atoms with Crippen molar-refractivity contribution in [3.05, 3.63) is 72.4 Å². The molecule has 3 rings (SSSR count). The predicted molar refractivity (Wildman–Crippen MR) is 110 cm³/mol. The van der Waals surface area contributed by atoms with Gasteiger partial charge in [-0.3, -0.25) is 9.69 Å². The van der Waals surface area contributed by atoms with Crippen LogP contribution in [0.5, 0.6) is 0 Å². The van der Waals surface area contributed by atoms with Gasteiger partial charge in [-0.25, -0.2) is 12.4 Å². The quantitative estimate of drug-likeness (QED) is 0.461. The molecule has 3 aromatic rings. The first-order valence-electron chi connectivity index (χ1n) is 8.63. The van der Waals surface area contributed by atoms with E-state index in [2.05, 4.69) is 6.58 Å². The molecular formula is C21H19N3O4S. The zero-order valence-corrected chi connectivity index (χ0v) is 16.8. The number of hydrogen-bond donors (Lipinski definition) is 0. The Labute approximate surface area is 169 Å². The van der Waals surface area contributed by atoms with E-state index in [4.69, 9.17) is 4.74 Å². The number of nitrogens with zero attached hydrogens (tertiary/aromatic N) is 3. The van der Waals surface area contributed by atoms with Crippen LogP contribution in [0.4, 0.5) is 5.69 Å².